The van der Waals surface area contributed by atoms with Crippen molar-refractivity contribution in [1.29, 1.82) is 0 Å². The number of aromatic nitrogens is 4. The van der Waals surface area contributed by atoms with Gasteiger partial charge in [0.1, 0.15) is 34.9 Å². The third-order valence-electron chi connectivity index (χ3n) is 5.43. The van der Waals surface area contributed by atoms with Crippen LogP contribution in [0.15, 0.2) is 47.3 Å². The lowest BCUT2D eigenvalue weighted by atomic mass is 10.2. The molecule has 0 aliphatic carbocycles. The Labute approximate surface area is 183 Å². The zero-order chi connectivity index (χ0) is 22.2. The molecule has 5 rings (SSSR count). The normalized spacial score (nSPS) is 13.6. The van der Waals surface area contributed by atoms with Crippen LogP contribution in [0, 0.1) is 6.92 Å². The highest BCUT2D eigenvalue weighted by Gasteiger charge is 2.22. The van der Waals surface area contributed by atoms with Crippen molar-refractivity contribution < 1.29 is 14.0 Å². The number of nitrogen functional groups attached to an aromatic ring is 1. The van der Waals surface area contributed by atoms with Gasteiger partial charge in [0.05, 0.1) is 16.6 Å². The molecule has 0 unspecified atom stereocenters. The maximum atomic E-state index is 13.0. The molecule has 32 heavy (non-hydrogen) atoms. The highest BCUT2D eigenvalue weighted by Crippen LogP contribution is 2.29. The van der Waals surface area contributed by atoms with Crippen LogP contribution in [0.2, 0.25) is 0 Å². The van der Waals surface area contributed by atoms with Crippen molar-refractivity contribution in [3.8, 4) is 5.69 Å². The topological polar surface area (TPSA) is 132 Å². The Morgan fingerprint density at radius 2 is 1.97 bits per heavy atom. The van der Waals surface area contributed by atoms with Crippen LogP contribution in [-0.2, 0) is 0 Å². The Bertz CT molecular complexity index is 1320. The number of nitrogens with zero attached hydrogens (tertiary/aromatic N) is 5. The number of hydrogen-bond donors (Lipinski definition) is 2. The second-order valence-electron chi connectivity index (χ2n) is 7.66. The molecular formula is C22H21N7O3. The molecule has 5 heterocycles. The summed E-state index contributed by atoms with van der Waals surface area (Å²) in [6.45, 7) is 3.32. The van der Waals surface area contributed by atoms with Crippen molar-refractivity contribution in [2.24, 2.45) is 0 Å². The molecule has 1 aliphatic heterocycles. The lowest BCUT2D eigenvalue weighted by Gasteiger charge is -2.15. The Balaban J connectivity index is 1.40. The molecule has 10 heteroatoms. The first-order chi connectivity index (χ1) is 15.5. The Hall–Kier alpha value is -4.21. The highest BCUT2D eigenvalue weighted by molar-refractivity contribution is 6.04. The van der Waals surface area contributed by atoms with Crippen molar-refractivity contribution in [3.63, 3.8) is 0 Å². The summed E-state index contributed by atoms with van der Waals surface area (Å²) in [6.07, 6.45) is 6.57. The van der Waals surface area contributed by atoms with Crippen LogP contribution in [0.3, 0.4) is 0 Å². The molecular weight excluding hydrogens is 410 g/mol. The average molecular weight is 431 g/mol. The Morgan fingerprint density at radius 1 is 1.16 bits per heavy atom. The molecule has 0 spiro atoms. The third-order valence-corrected chi connectivity index (χ3v) is 5.43. The quantitative estimate of drug-likeness (QED) is 0.508. The van der Waals surface area contributed by atoms with E-state index in [1.165, 1.54) is 17.1 Å². The van der Waals surface area contributed by atoms with E-state index in [1.54, 1.807) is 37.4 Å². The predicted molar refractivity (Wildman–Crippen MR) is 118 cm³/mol. The van der Waals surface area contributed by atoms with E-state index in [0.717, 1.165) is 25.9 Å². The first-order valence-corrected chi connectivity index (χ1v) is 10.3. The fourth-order valence-electron chi connectivity index (χ4n) is 3.87. The Morgan fingerprint density at radius 3 is 2.72 bits per heavy atom. The van der Waals surface area contributed by atoms with E-state index in [2.05, 4.69) is 20.4 Å². The van der Waals surface area contributed by atoms with Gasteiger partial charge >= 0.3 is 0 Å². The SMILES string of the molecule is Cc1cc(C(=O)Nc2ccc(C(=O)N3CCCC3)cn2)n(-c2coc3ccnc(N)c23)n1. The van der Waals surface area contributed by atoms with Gasteiger partial charge in [-0.3, -0.25) is 9.59 Å². The summed E-state index contributed by atoms with van der Waals surface area (Å²) in [4.78, 5) is 35.7. The number of carbonyl (C=O) groups excluding carboxylic acids is 2. The maximum Gasteiger partial charge on any atom is 0.275 e. The first kappa shape index (κ1) is 19.7. The fraction of sp³-hybridized carbons (Fsp3) is 0.227. The van der Waals surface area contributed by atoms with Gasteiger partial charge in [0.2, 0.25) is 0 Å². The highest BCUT2D eigenvalue weighted by atomic mass is 16.3. The van der Waals surface area contributed by atoms with Crippen LogP contribution in [-0.4, -0.2) is 49.6 Å². The molecule has 0 saturated carbocycles. The van der Waals surface area contributed by atoms with Crippen molar-refractivity contribution >= 4 is 34.4 Å². The van der Waals surface area contributed by atoms with Crippen LogP contribution >= 0.6 is 0 Å². The molecule has 0 aromatic carbocycles. The molecule has 0 bridgehead atoms. The lowest BCUT2D eigenvalue weighted by molar-refractivity contribution is 0.0792. The van der Waals surface area contributed by atoms with Crippen LogP contribution in [0.5, 0.6) is 0 Å². The Kier molecular flexibility index (Phi) is 4.81. The van der Waals surface area contributed by atoms with Gasteiger partial charge in [0.15, 0.2) is 0 Å². The monoisotopic (exact) mass is 431 g/mol. The van der Waals surface area contributed by atoms with Crippen molar-refractivity contribution in [3.05, 3.63) is 59.9 Å². The zero-order valence-corrected chi connectivity index (χ0v) is 17.4. The molecule has 162 valence electrons. The van der Waals surface area contributed by atoms with E-state index in [1.807, 2.05) is 4.90 Å². The number of carbonyl (C=O) groups is 2. The minimum Gasteiger partial charge on any atom is -0.462 e. The van der Waals surface area contributed by atoms with Crippen LogP contribution in [0.25, 0.3) is 16.7 Å². The van der Waals surface area contributed by atoms with Crippen molar-refractivity contribution in [2.45, 2.75) is 19.8 Å². The number of fused-ring (bicyclic) bond motifs is 1. The summed E-state index contributed by atoms with van der Waals surface area (Å²) in [5, 5.41) is 7.77. The molecule has 0 atom stereocenters. The molecule has 3 N–H and O–H groups in total. The summed E-state index contributed by atoms with van der Waals surface area (Å²) in [6, 6.07) is 6.64. The maximum absolute atomic E-state index is 13.0. The number of aryl methyl sites for hydroxylation is 1. The molecule has 1 aliphatic rings. The van der Waals surface area contributed by atoms with Gasteiger partial charge in [-0.15, -0.1) is 0 Å². The van der Waals surface area contributed by atoms with Crippen molar-refractivity contribution in [2.75, 3.05) is 24.1 Å². The van der Waals surface area contributed by atoms with Gasteiger partial charge in [-0.2, -0.15) is 5.10 Å². The standard InChI is InChI=1S/C22H21N7O3/c1-13-10-15(29(27-13)16-12-32-17-6-7-24-20(23)19(16)17)21(30)26-18-5-4-14(11-25-18)22(31)28-8-2-3-9-28/h4-7,10-12H,2-3,8-9H2,1H3,(H2,23,24)(H,25,26,30). The van der Waals surface area contributed by atoms with E-state index in [-0.39, 0.29) is 17.4 Å². The van der Waals surface area contributed by atoms with Gasteiger partial charge in [-0.25, -0.2) is 14.6 Å². The molecule has 1 fully saturated rings. The van der Waals surface area contributed by atoms with Gasteiger partial charge in [-0.1, -0.05) is 0 Å². The fourth-order valence-corrected chi connectivity index (χ4v) is 3.87. The number of anilines is 2. The predicted octanol–water partition coefficient (Wildman–Crippen LogP) is 2.79. The third kappa shape index (κ3) is 3.45. The van der Waals surface area contributed by atoms with E-state index in [9.17, 15) is 9.59 Å². The van der Waals surface area contributed by atoms with Gasteiger partial charge in [0.25, 0.3) is 11.8 Å². The van der Waals surface area contributed by atoms with Gasteiger partial charge in [0, 0.05) is 25.5 Å². The number of nitrogens with one attached hydrogen (secondary N) is 1. The molecule has 4 aromatic rings. The van der Waals surface area contributed by atoms with E-state index in [0.29, 0.717) is 33.7 Å². The number of hydrogen-bond acceptors (Lipinski definition) is 7. The number of likely N-dealkylation sites (tertiary alicyclic amines) is 1. The summed E-state index contributed by atoms with van der Waals surface area (Å²) < 4.78 is 7.04. The molecule has 1 saturated heterocycles. The second kappa shape index (κ2) is 7.80. The van der Waals surface area contributed by atoms with Crippen LogP contribution < -0.4 is 11.1 Å². The smallest absolute Gasteiger partial charge is 0.275 e. The van der Waals surface area contributed by atoms with Gasteiger partial charge < -0.3 is 20.4 Å². The number of amides is 2. The lowest BCUT2D eigenvalue weighted by Crippen LogP contribution is -2.27. The number of nitrogens with two attached hydrogens (primary N) is 1. The molecule has 0 radical (unpaired) electrons. The number of furan rings is 1. The largest absolute Gasteiger partial charge is 0.462 e. The summed E-state index contributed by atoms with van der Waals surface area (Å²) in [5.41, 5.74) is 8.52. The zero-order valence-electron chi connectivity index (χ0n) is 17.4. The molecule has 10 nitrogen and oxygen atoms in total. The van der Waals surface area contributed by atoms with E-state index >= 15 is 0 Å². The minimum atomic E-state index is -0.409. The molecule has 2 amide bonds. The number of rotatable bonds is 4. The first-order valence-electron chi connectivity index (χ1n) is 10.3. The minimum absolute atomic E-state index is 0.0420. The van der Waals surface area contributed by atoms with Crippen LogP contribution in [0.4, 0.5) is 11.6 Å². The number of pyridine rings is 2. The summed E-state index contributed by atoms with van der Waals surface area (Å²) >= 11 is 0. The summed E-state index contributed by atoms with van der Waals surface area (Å²) in [7, 11) is 0. The van der Waals surface area contributed by atoms with E-state index < -0.39 is 5.91 Å². The van der Waals surface area contributed by atoms with E-state index in [4.69, 9.17) is 10.2 Å². The van der Waals surface area contributed by atoms with Crippen LogP contribution in [0.1, 0.15) is 39.4 Å². The average Bonchev–Trinajstić information content (AvgIpc) is 3.53. The summed E-state index contributed by atoms with van der Waals surface area (Å²) in [5.74, 6) is 0.162. The van der Waals surface area contributed by atoms with Crippen molar-refractivity contribution in [1.82, 2.24) is 24.6 Å². The van der Waals surface area contributed by atoms with Gasteiger partial charge in [-0.05, 0) is 44.0 Å². The molecule has 4 aromatic heterocycles. The second-order valence-corrected chi connectivity index (χ2v) is 7.66.